The van der Waals surface area contributed by atoms with Crippen LogP contribution >= 0.6 is 0 Å². The summed E-state index contributed by atoms with van der Waals surface area (Å²) in [5.74, 6) is 0.109. The Morgan fingerprint density at radius 2 is 1.81 bits per heavy atom. The van der Waals surface area contributed by atoms with Gasteiger partial charge >= 0.3 is 5.97 Å². The van der Waals surface area contributed by atoms with E-state index in [4.69, 9.17) is 9.57 Å². The molecular formula is C17H21NO3. The third kappa shape index (κ3) is 4.31. The van der Waals surface area contributed by atoms with Crippen LogP contribution in [0, 0.1) is 0 Å². The Kier molecular flexibility index (Phi) is 6.40. The molecule has 0 N–H and O–H groups in total. The van der Waals surface area contributed by atoms with E-state index < -0.39 is 5.97 Å². The number of nitrogens with zero attached hydrogens (tertiary/aromatic N) is 1. The number of carbonyl (C=O) groups is 1. The van der Waals surface area contributed by atoms with Crippen LogP contribution in [0.2, 0.25) is 0 Å². The van der Waals surface area contributed by atoms with Crippen molar-refractivity contribution >= 4 is 17.3 Å². The van der Waals surface area contributed by atoms with Crippen molar-refractivity contribution < 1.29 is 14.4 Å². The monoisotopic (exact) mass is 287 g/mol. The van der Waals surface area contributed by atoms with E-state index in [1.54, 1.807) is 25.1 Å². The number of hydrogen-bond acceptors (Lipinski definition) is 4. The first-order chi connectivity index (χ1) is 10.0. The number of para-hydroxylation sites is 1. The molecule has 0 radical (unpaired) electrons. The summed E-state index contributed by atoms with van der Waals surface area (Å²) in [4.78, 5) is 17.3. The van der Waals surface area contributed by atoms with E-state index in [0.29, 0.717) is 16.9 Å². The summed E-state index contributed by atoms with van der Waals surface area (Å²) in [5, 5.41) is 4.10. The number of rotatable bonds is 5. The van der Waals surface area contributed by atoms with Crippen LogP contribution in [0.1, 0.15) is 33.3 Å². The quantitative estimate of drug-likeness (QED) is 0.356. The van der Waals surface area contributed by atoms with Crippen LogP contribution in [0.15, 0.2) is 47.1 Å². The fourth-order valence-electron chi connectivity index (χ4n) is 1.66. The van der Waals surface area contributed by atoms with Gasteiger partial charge in [0.25, 0.3) is 0 Å². The van der Waals surface area contributed by atoms with E-state index >= 15 is 0 Å². The molecule has 0 atom stereocenters. The Hall–Kier alpha value is -2.36. The molecule has 0 heterocycles. The zero-order valence-electron chi connectivity index (χ0n) is 13.1. The molecule has 0 bridgehead atoms. The molecule has 0 spiro atoms. The maximum absolute atomic E-state index is 11.8. The summed E-state index contributed by atoms with van der Waals surface area (Å²) >= 11 is 0. The van der Waals surface area contributed by atoms with Gasteiger partial charge in [-0.3, -0.25) is 0 Å². The highest BCUT2D eigenvalue weighted by Crippen LogP contribution is 2.27. The number of oxime groups is 1. The van der Waals surface area contributed by atoms with Crippen molar-refractivity contribution in [2.75, 3.05) is 7.11 Å². The molecule has 0 fully saturated rings. The van der Waals surface area contributed by atoms with E-state index in [1.807, 2.05) is 39.0 Å². The second-order valence-electron chi connectivity index (χ2n) is 4.43. The molecule has 4 nitrogen and oxygen atoms in total. The van der Waals surface area contributed by atoms with E-state index in [9.17, 15) is 4.79 Å². The summed E-state index contributed by atoms with van der Waals surface area (Å²) in [6, 6.07) is 7.23. The van der Waals surface area contributed by atoms with Gasteiger partial charge in [0.1, 0.15) is 0 Å². The lowest BCUT2D eigenvalue weighted by atomic mass is 10.1. The van der Waals surface area contributed by atoms with Crippen molar-refractivity contribution in [2.45, 2.75) is 27.7 Å². The average Bonchev–Trinajstić information content (AvgIpc) is 2.53. The van der Waals surface area contributed by atoms with Gasteiger partial charge < -0.3 is 9.57 Å². The number of hydrogen-bond donors (Lipinski definition) is 0. The Labute approximate surface area is 125 Å². The predicted octanol–water partition coefficient (Wildman–Crippen LogP) is 3.98. The lowest BCUT2D eigenvalue weighted by molar-refractivity contribution is -0.133. The first-order valence-electron chi connectivity index (χ1n) is 6.74. The van der Waals surface area contributed by atoms with Gasteiger partial charge in [-0.15, -0.1) is 0 Å². The number of ether oxygens (including phenoxy) is 1. The molecule has 0 unspecified atom stereocenters. The van der Waals surface area contributed by atoms with Gasteiger partial charge in [0, 0.05) is 5.56 Å². The first kappa shape index (κ1) is 16.7. The molecule has 112 valence electrons. The van der Waals surface area contributed by atoms with E-state index in [1.165, 1.54) is 7.11 Å². The molecule has 21 heavy (non-hydrogen) atoms. The minimum atomic E-state index is -0.404. The van der Waals surface area contributed by atoms with E-state index in [-0.39, 0.29) is 0 Å². The molecule has 1 aromatic rings. The third-order valence-corrected chi connectivity index (χ3v) is 3.16. The van der Waals surface area contributed by atoms with Crippen molar-refractivity contribution in [1.29, 1.82) is 0 Å². The van der Waals surface area contributed by atoms with Gasteiger partial charge in [0.05, 0.1) is 18.4 Å². The molecule has 0 saturated carbocycles. The topological polar surface area (TPSA) is 47.9 Å². The fraction of sp³-hybridized carbons (Fsp3) is 0.294. The van der Waals surface area contributed by atoms with Crippen LogP contribution < -0.4 is 4.84 Å². The van der Waals surface area contributed by atoms with Gasteiger partial charge in [0.2, 0.25) is 0 Å². The Balaban J connectivity index is 3.14. The number of carbonyl (C=O) groups excluding carboxylic acids is 1. The summed E-state index contributed by atoms with van der Waals surface area (Å²) < 4.78 is 4.79. The second kappa shape index (κ2) is 8.04. The maximum atomic E-state index is 11.8. The molecule has 0 amide bonds. The van der Waals surface area contributed by atoms with Crippen LogP contribution in [0.3, 0.4) is 0 Å². The third-order valence-electron chi connectivity index (χ3n) is 3.16. The average molecular weight is 287 g/mol. The first-order valence-corrected chi connectivity index (χ1v) is 6.74. The highest BCUT2D eigenvalue weighted by Gasteiger charge is 2.16. The van der Waals surface area contributed by atoms with Crippen LogP contribution in [-0.4, -0.2) is 18.8 Å². The molecular weight excluding hydrogens is 266 g/mol. The SMILES string of the molecule is CC=C(C)C(C)=NOc1ccccc1C(=CC)C(=O)OC. The van der Waals surface area contributed by atoms with Gasteiger partial charge in [-0.1, -0.05) is 35.5 Å². The summed E-state index contributed by atoms with van der Waals surface area (Å²) in [6.07, 6.45) is 3.65. The lowest BCUT2D eigenvalue weighted by Crippen LogP contribution is -2.05. The second-order valence-corrected chi connectivity index (χ2v) is 4.43. The fourth-order valence-corrected chi connectivity index (χ4v) is 1.66. The zero-order chi connectivity index (χ0) is 15.8. The largest absolute Gasteiger partial charge is 0.465 e. The summed E-state index contributed by atoms with van der Waals surface area (Å²) in [6.45, 7) is 7.55. The standard InChI is InChI=1S/C17H21NO3/c1-6-12(3)13(4)18-21-16-11-9-8-10-15(16)14(7-2)17(19)20-5/h6-11H,1-5H3. The zero-order valence-corrected chi connectivity index (χ0v) is 13.1. The van der Waals surface area contributed by atoms with Gasteiger partial charge in [-0.2, -0.15) is 0 Å². The molecule has 0 aromatic heterocycles. The molecule has 4 heteroatoms. The summed E-state index contributed by atoms with van der Waals surface area (Å²) in [7, 11) is 1.35. The number of esters is 1. The van der Waals surface area contributed by atoms with E-state index in [2.05, 4.69) is 5.16 Å². The highest BCUT2D eigenvalue weighted by atomic mass is 16.6. The van der Waals surface area contributed by atoms with Gasteiger partial charge in [-0.25, -0.2) is 4.79 Å². The molecule has 1 rings (SSSR count). The minimum absolute atomic E-state index is 0.404. The smallest absolute Gasteiger partial charge is 0.338 e. The van der Waals surface area contributed by atoms with Gasteiger partial charge in [0.15, 0.2) is 5.75 Å². The minimum Gasteiger partial charge on any atom is -0.465 e. The number of allylic oxidation sites excluding steroid dienone is 3. The van der Waals surface area contributed by atoms with Gasteiger partial charge in [-0.05, 0) is 39.3 Å². The van der Waals surface area contributed by atoms with Crippen molar-refractivity contribution in [1.82, 2.24) is 0 Å². The molecule has 0 aliphatic carbocycles. The number of methoxy groups -OCH3 is 1. The number of benzene rings is 1. The van der Waals surface area contributed by atoms with Crippen molar-refractivity contribution in [2.24, 2.45) is 5.16 Å². The van der Waals surface area contributed by atoms with Crippen molar-refractivity contribution in [3.8, 4) is 5.75 Å². The Morgan fingerprint density at radius 1 is 1.14 bits per heavy atom. The van der Waals surface area contributed by atoms with Crippen LogP contribution in [0.25, 0.3) is 5.57 Å². The van der Waals surface area contributed by atoms with Crippen molar-refractivity contribution in [3.63, 3.8) is 0 Å². The normalized spacial score (nSPS) is 13.1. The van der Waals surface area contributed by atoms with Crippen molar-refractivity contribution in [3.05, 3.63) is 47.6 Å². The summed E-state index contributed by atoms with van der Waals surface area (Å²) in [5.41, 5.74) is 2.92. The van der Waals surface area contributed by atoms with Crippen LogP contribution in [0.5, 0.6) is 5.75 Å². The molecule has 0 aliphatic heterocycles. The molecule has 1 aromatic carbocycles. The molecule has 0 saturated heterocycles. The Morgan fingerprint density at radius 3 is 2.38 bits per heavy atom. The highest BCUT2D eigenvalue weighted by molar-refractivity contribution is 6.17. The van der Waals surface area contributed by atoms with Crippen LogP contribution in [0.4, 0.5) is 0 Å². The molecule has 0 aliphatic rings. The van der Waals surface area contributed by atoms with E-state index in [0.717, 1.165) is 11.3 Å². The predicted molar refractivity (Wildman–Crippen MR) is 85.3 cm³/mol. The lowest BCUT2D eigenvalue weighted by Gasteiger charge is -2.10. The Bertz CT molecular complexity index is 598. The van der Waals surface area contributed by atoms with Crippen LogP contribution in [-0.2, 0) is 9.53 Å². The maximum Gasteiger partial charge on any atom is 0.338 e.